The molecule has 11 aromatic rings. The standard InChI is InChI=1S/C59H39N3S/c1-3-12-38(13-4-1)40-22-28-44(29-23-40)52-37-53(61-59(60-52)46-32-26-41(27-33-46)39-14-5-2-6-15-39)45-30-24-42(25-31-45)47-17-11-18-48(36-47)56-58-55(50-20-9-10-21-54(50)63-58)51-35-34-43-16-7-8-19-49(43)57(51)62-56/h1-8,11-37H,9-10H2. The van der Waals surface area contributed by atoms with Crippen molar-refractivity contribution < 1.29 is 0 Å². The molecule has 0 spiro atoms. The summed E-state index contributed by atoms with van der Waals surface area (Å²) < 4.78 is 2.61. The van der Waals surface area contributed by atoms with Crippen molar-refractivity contribution in [3.05, 3.63) is 210 Å². The Morgan fingerprint density at radius 1 is 0.365 bits per heavy atom. The first-order chi connectivity index (χ1) is 31.2. The lowest BCUT2D eigenvalue weighted by Crippen LogP contribution is -2.20. The summed E-state index contributed by atoms with van der Waals surface area (Å²) in [6, 6.07) is 71.1. The van der Waals surface area contributed by atoms with Gasteiger partial charge in [-0.2, -0.15) is 0 Å². The van der Waals surface area contributed by atoms with Gasteiger partial charge in [-0.05, 0) is 69.0 Å². The van der Waals surface area contributed by atoms with Crippen molar-refractivity contribution in [3.8, 4) is 78.5 Å². The van der Waals surface area contributed by atoms with Gasteiger partial charge in [-0.1, -0.05) is 200 Å². The molecule has 0 radical (unpaired) electrons. The van der Waals surface area contributed by atoms with Crippen LogP contribution in [-0.4, -0.2) is 15.0 Å². The van der Waals surface area contributed by atoms with Gasteiger partial charge in [0.15, 0.2) is 5.82 Å². The molecule has 63 heavy (non-hydrogen) atoms. The Labute approximate surface area is 369 Å². The molecule has 8 aromatic carbocycles. The number of nitrogens with zero attached hydrogens (tertiary/aromatic N) is 3. The van der Waals surface area contributed by atoms with Crippen LogP contribution >= 0.6 is 11.3 Å². The van der Waals surface area contributed by atoms with Crippen molar-refractivity contribution in [2.75, 3.05) is 0 Å². The van der Waals surface area contributed by atoms with Gasteiger partial charge in [-0.15, -0.1) is 11.3 Å². The molecule has 3 nitrogen and oxygen atoms in total. The van der Waals surface area contributed by atoms with Gasteiger partial charge in [0.05, 0.1) is 27.3 Å². The van der Waals surface area contributed by atoms with Crippen LogP contribution in [0.2, 0.25) is 0 Å². The highest BCUT2D eigenvalue weighted by Crippen LogP contribution is 2.38. The third-order valence-electron chi connectivity index (χ3n) is 12.3. The Morgan fingerprint density at radius 2 is 0.889 bits per heavy atom. The summed E-state index contributed by atoms with van der Waals surface area (Å²) in [6.45, 7) is 0. The van der Waals surface area contributed by atoms with Crippen LogP contribution in [0.25, 0.3) is 122 Å². The van der Waals surface area contributed by atoms with E-state index in [0.717, 1.165) is 74.4 Å². The predicted molar refractivity (Wildman–Crippen MR) is 266 cm³/mol. The first-order valence-corrected chi connectivity index (χ1v) is 22.4. The van der Waals surface area contributed by atoms with Gasteiger partial charge in [0, 0.05) is 42.9 Å². The van der Waals surface area contributed by atoms with Crippen LogP contribution in [0.1, 0.15) is 12.8 Å². The summed E-state index contributed by atoms with van der Waals surface area (Å²) in [5.41, 5.74) is 15.0. The van der Waals surface area contributed by atoms with E-state index in [2.05, 4.69) is 200 Å². The summed E-state index contributed by atoms with van der Waals surface area (Å²) >= 11 is 1.88. The lowest BCUT2D eigenvalue weighted by molar-refractivity contribution is 1.13. The van der Waals surface area contributed by atoms with Gasteiger partial charge in [-0.25, -0.2) is 15.0 Å². The van der Waals surface area contributed by atoms with E-state index in [0.29, 0.717) is 5.82 Å². The molecule has 1 aliphatic carbocycles. The molecule has 4 heteroatoms. The molecule has 0 fully saturated rings. The highest BCUT2D eigenvalue weighted by Gasteiger charge is 2.18. The third kappa shape index (κ3) is 6.82. The zero-order valence-corrected chi connectivity index (χ0v) is 35.2. The lowest BCUT2D eigenvalue weighted by Gasteiger charge is -2.12. The molecule has 0 N–H and O–H groups in total. The fraction of sp³-hybridized carbons (Fsp3) is 0.0339. The van der Waals surface area contributed by atoms with Gasteiger partial charge in [0.1, 0.15) is 0 Å². The first kappa shape index (κ1) is 37.0. The third-order valence-corrected chi connectivity index (χ3v) is 13.5. The summed E-state index contributed by atoms with van der Waals surface area (Å²) in [5, 5.41) is 6.32. The highest BCUT2D eigenvalue weighted by molar-refractivity contribution is 7.17. The Balaban J connectivity index is 0.933. The fourth-order valence-corrected chi connectivity index (χ4v) is 10.4. The fourth-order valence-electron chi connectivity index (χ4n) is 9.09. The van der Waals surface area contributed by atoms with E-state index in [9.17, 15) is 0 Å². The minimum absolute atomic E-state index is 0.693. The Kier molecular flexibility index (Phi) is 9.16. The second-order valence-corrected chi connectivity index (χ2v) is 17.3. The van der Waals surface area contributed by atoms with E-state index in [4.69, 9.17) is 15.0 Å². The van der Waals surface area contributed by atoms with Crippen molar-refractivity contribution in [2.45, 2.75) is 12.8 Å². The van der Waals surface area contributed by atoms with Crippen molar-refractivity contribution in [1.82, 2.24) is 15.0 Å². The second-order valence-electron chi connectivity index (χ2n) is 16.2. The minimum Gasteiger partial charge on any atom is -0.246 e. The maximum Gasteiger partial charge on any atom is 0.160 e. The maximum absolute atomic E-state index is 5.51. The maximum atomic E-state index is 5.51. The SMILES string of the molecule is C1=c2sc3c(-c4cccc(-c5ccc(-c6cc(-c7ccc(-c8ccccc8)cc7)nc(-c7ccc(-c8ccccc8)cc7)n6)cc5)c4)nc4c5ccccc5ccc4c3c2=CCC1. The molecule has 0 amide bonds. The van der Waals surface area contributed by atoms with E-state index in [-0.39, 0.29) is 0 Å². The van der Waals surface area contributed by atoms with Crippen LogP contribution in [0.5, 0.6) is 0 Å². The monoisotopic (exact) mass is 821 g/mol. The van der Waals surface area contributed by atoms with E-state index < -0.39 is 0 Å². The number of hydrogen-bond acceptors (Lipinski definition) is 4. The number of hydrogen-bond donors (Lipinski definition) is 0. The molecule has 0 unspecified atom stereocenters. The van der Waals surface area contributed by atoms with Gasteiger partial charge in [-0.3, -0.25) is 0 Å². The van der Waals surface area contributed by atoms with Gasteiger partial charge >= 0.3 is 0 Å². The Morgan fingerprint density at radius 3 is 1.56 bits per heavy atom. The smallest absolute Gasteiger partial charge is 0.160 e. The van der Waals surface area contributed by atoms with Crippen LogP contribution < -0.4 is 9.75 Å². The lowest BCUT2D eigenvalue weighted by atomic mass is 9.97. The average Bonchev–Trinajstić information content (AvgIpc) is 3.77. The topological polar surface area (TPSA) is 38.7 Å². The molecule has 0 aliphatic heterocycles. The minimum atomic E-state index is 0.693. The molecule has 0 saturated carbocycles. The molecular weight excluding hydrogens is 783 g/mol. The van der Waals surface area contributed by atoms with Gasteiger partial charge < -0.3 is 0 Å². The van der Waals surface area contributed by atoms with Crippen LogP contribution in [0, 0.1) is 0 Å². The molecule has 0 bridgehead atoms. The number of fused-ring (bicyclic) bond motifs is 7. The summed E-state index contributed by atoms with van der Waals surface area (Å²) in [6.07, 6.45) is 6.98. The van der Waals surface area contributed by atoms with E-state index in [1.54, 1.807) is 0 Å². The van der Waals surface area contributed by atoms with Crippen molar-refractivity contribution in [2.24, 2.45) is 0 Å². The van der Waals surface area contributed by atoms with Crippen LogP contribution in [0.4, 0.5) is 0 Å². The molecule has 12 rings (SSSR count). The number of thiophene rings is 1. The predicted octanol–water partition coefficient (Wildman–Crippen LogP) is 14.4. The molecule has 3 heterocycles. The zero-order chi connectivity index (χ0) is 41.7. The molecular formula is C59H39N3S. The Bertz CT molecular complexity index is 3530. The largest absolute Gasteiger partial charge is 0.246 e. The van der Waals surface area contributed by atoms with E-state index >= 15 is 0 Å². The van der Waals surface area contributed by atoms with Crippen molar-refractivity contribution in [3.63, 3.8) is 0 Å². The zero-order valence-electron chi connectivity index (χ0n) is 34.4. The Hall–Kier alpha value is -7.79. The normalized spacial score (nSPS) is 12.3. The highest BCUT2D eigenvalue weighted by atomic mass is 32.1. The number of aromatic nitrogens is 3. The van der Waals surface area contributed by atoms with Gasteiger partial charge in [0.2, 0.25) is 0 Å². The van der Waals surface area contributed by atoms with Crippen molar-refractivity contribution in [1.29, 1.82) is 0 Å². The van der Waals surface area contributed by atoms with Crippen LogP contribution in [-0.2, 0) is 0 Å². The summed E-state index contributed by atoms with van der Waals surface area (Å²) in [7, 11) is 0. The van der Waals surface area contributed by atoms with E-state index in [1.165, 1.54) is 52.7 Å². The molecule has 1 aliphatic rings. The molecule has 296 valence electrons. The number of benzene rings is 8. The van der Waals surface area contributed by atoms with Crippen LogP contribution in [0.3, 0.4) is 0 Å². The molecule has 3 aromatic heterocycles. The summed E-state index contributed by atoms with van der Waals surface area (Å²) in [4.78, 5) is 15.9. The second kappa shape index (κ2) is 15.6. The number of rotatable bonds is 7. The molecule has 0 atom stereocenters. The average molecular weight is 822 g/mol. The van der Waals surface area contributed by atoms with Crippen molar-refractivity contribution >= 4 is 55.3 Å². The number of pyridine rings is 1. The quantitative estimate of drug-likeness (QED) is 0.150. The van der Waals surface area contributed by atoms with Gasteiger partial charge in [0.25, 0.3) is 0 Å². The molecule has 0 saturated heterocycles. The first-order valence-electron chi connectivity index (χ1n) is 21.6. The van der Waals surface area contributed by atoms with Crippen LogP contribution in [0.15, 0.2) is 200 Å². The van der Waals surface area contributed by atoms with E-state index in [1.807, 2.05) is 23.5 Å². The summed E-state index contributed by atoms with van der Waals surface area (Å²) in [5.74, 6) is 0.693.